The fourth-order valence-electron chi connectivity index (χ4n) is 6.48. The number of allylic oxidation sites excluding steroid dienone is 4. The van der Waals surface area contributed by atoms with Crippen LogP contribution in [-0.2, 0) is 0 Å². The fraction of sp³-hybridized carbons (Fsp3) is 0.0526. The van der Waals surface area contributed by atoms with E-state index in [9.17, 15) is 0 Å². The van der Waals surface area contributed by atoms with Crippen LogP contribution in [0.25, 0.3) is 65.8 Å². The van der Waals surface area contributed by atoms with E-state index in [0.29, 0.717) is 0 Å². The lowest BCUT2D eigenvalue weighted by molar-refractivity contribution is 0.628. The lowest BCUT2D eigenvalue weighted by Gasteiger charge is -2.27. The van der Waals surface area contributed by atoms with Crippen LogP contribution < -0.4 is 10.6 Å². The molecule has 0 fully saturated rings. The van der Waals surface area contributed by atoms with E-state index in [0.717, 1.165) is 60.7 Å². The molecular formula is C38H26N2O2. The Kier molecular flexibility index (Phi) is 4.99. The molecule has 0 saturated carbocycles. The van der Waals surface area contributed by atoms with Crippen molar-refractivity contribution >= 4 is 54.6 Å². The summed E-state index contributed by atoms with van der Waals surface area (Å²) < 4.78 is 13.0. The summed E-state index contributed by atoms with van der Waals surface area (Å²) in [6.07, 6.45) is 14.7. The number of rotatable bonds is 3. The van der Waals surface area contributed by atoms with Gasteiger partial charge in [-0.05, 0) is 70.6 Å². The van der Waals surface area contributed by atoms with Crippen molar-refractivity contribution < 1.29 is 8.83 Å². The average Bonchev–Trinajstić information content (AvgIpc) is 3.62. The van der Waals surface area contributed by atoms with Crippen molar-refractivity contribution in [2.75, 3.05) is 0 Å². The molecule has 2 atom stereocenters. The topological polar surface area (TPSA) is 50.3 Å². The highest BCUT2D eigenvalue weighted by Gasteiger charge is 2.22. The van der Waals surface area contributed by atoms with Gasteiger partial charge in [0.25, 0.3) is 0 Å². The summed E-state index contributed by atoms with van der Waals surface area (Å²) in [5.41, 5.74) is 7.94. The second kappa shape index (κ2) is 9.02. The maximum Gasteiger partial charge on any atom is 0.147 e. The summed E-state index contributed by atoms with van der Waals surface area (Å²) in [5, 5.41) is 13.9. The first-order chi connectivity index (χ1) is 20.8. The van der Waals surface area contributed by atoms with E-state index in [1.807, 2.05) is 36.5 Å². The zero-order chi connectivity index (χ0) is 27.6. The number of fused-ring (bicyclic) bond motifs is 7. The molecule has 42 heavy (non-hydrogen) atoms. The Labute approximate surface area is 241 Å². The molecule has 0 spiro atoms. The van der Waals surface area contributed by atoms with Crippen LogP contribution in [0.15, 0.2) is 148 Å². The summed E-state index contributed by atoms with van der Waals surface area (Å²) in [6, 6.07) is 32.4. The lowest BCUT2D eigenvalue weighted by Crippen LogP contribution is -2.35. The molecule has 4 nitrogen and oxygen atoms in total. The molecular weight excluding hydrogens is 516 g/mol. The number of hydrogen-bond acceptors (Lipinski definition) is 4. The zero-order valence-corrected chi connectivity index (χ0v) is 22.7. The van der Waals surface area contributed by atoms with Crippen molar-refractivity contribution in [1.29, 1.82) is 0 Å². The van der Waals surface area contributed by atoms with Gasteiger partial charge in [-0.2, -0.15) is 0 Å². The summed E-state index contributed by atoms with van der Waals surface area (Å²) in [7, 11) is 0. The Hall–Kier alpha value is -5.48. The van der Waals surface area contributed by atoms with Crippen LogP contribution >= 0.6 is 0 Å². The Morgan fingerprint density at radius 3 is 2.00 bits per heavy atom. The molecule has 2 N–H and O–H groups in total. The second-order valence-electron chi connectivity index (χ2n) is 11.0. The Bertz CT molecular complexity index is 2240. The summed E-state index contributed by atoms with van der Waals surface area (Å²) in [4.78, 5) is 0. The minimum atomic E-state index is 0.106. The van der Waals surface area contributed by atoms with Crippen LogP contribution in [0.4, 0.5) is 0 Å². The third kappa shape index (κ3) is 3.55. The zero-order valence-electron chi connectivity index (χ0n) is 22.7. The molecule has 7 aromatic rings. The molecule has 2 aliphatic rings. The van der Waals surface area contributed by atoms with Crippen molar-refractivity contribution in [3.8, 4) is 11.1 Å². The van der Waals surface area contributed by atoms with Gasteiger partial charge in [0.2, 0.25) is 0 Å². The van der Waals surface area contributed by atoms with Crippen molar-refractivity contribution in [2.24, 2.45) is 0 Å². The molecule has 2 aliphatic heterocycles. The minimum Gasteiger partial charge on any atom is -0.455 e. The van der Waals surface area contributed by atoms with E-state index in [1.165, 1.54) is 16.3 Å². The Balaban J connectivity index is 1.17. The van der Waals surface area contributed by atoms with Crippen molar-refractivity contribution in [2.45, 2.75) is 12.1 Å². The Morgan fingerprint density at radius 1 is 0.571 bits per heavy atom. The molecule has 9 rings (SSSR count). The van der Waals surface area contributed by atoms with Gasteiger partial charge in [0.15, 0.2) is 0 Å². The molecule has 5 aromatic carbocycles. The fourth-order valence-corrected chi connectivity index (χ4v) is 6.48. The molecule has 2 unspecified atom stereocenters. The summed E-state index contributed by atoms with van der Waals surface area (Å²) in [6.45, 7) is 0. The number of para-hydroxylation sites is 2. The lowest BCUT2D eigenvalue weighted by atomic mass is 9.94. The first-order valence-electron chi connectivity index (χ1n) is 14.3. The van der Waals surface area contributed by atoms with Gasteiger partial charge >= 0.3 is 0 Å². The van der Waals surface area contributed by atoms with E-state index in [4.69, 9.17) is 8.83 Å². The van der Waals surface area contributed by atoms with Gasteiger partial charge in [-0.1, -0.05) is 85.0 Å². The standard InChI is InChI=1S/C38H26N2O2/c1-3-13-34-27(8-1)29-22-30-28-9-2-4-14-35(28)42-38(30)36(37(29)41-34)26-18-16-23-20-25(17-15-24(23)21-26)31-11-7-12-33(40-31)32-10-5-6-19-39-32/h1-22,31-32,39-40H. The highest BCUT2D eigenvalue weighted by atomic mass is 16.3. The van der Waals surface area contributed by atoms with Gasteiger partial charge < -0.3 is 19.5 Å². The van der Waals surface area contributed by atoms with Gasteiger partial charge in [0, 0.05) is 27.2 Å². The number of nitrogens with one attached hydrogen (secondary N) is 2. The van der Waals surface area contributed by atoms with Crippen LogP contribution in [0.5, 0.6) is 0 Å². The van der Waals surface area contributed by atoms with Crippen LogP contribution in [0.2, 0.25) is 0 Å². The summed E-state index contributed by atoms with van der Waals surface area (Å²) in [5.74, 6) is 0. The minimum absolute atomic E-state index is 0.106. The van der Waals surface area contributed by atoms with E-state index < -0.39 is 0 Å². The third-order valence-corrected chi connectivity index (χ3v) is 8.55. The van der Waals surface area contributed by atoms with Crippen LogP contribution in [0.3, 0.4) is 0 Å². The maximum absolute atomic E-state index is 6.52. The van der Waals surface area contributed by atoms with Gasteiger partial charge in [0.05, 0.1) is 17.6 Å². The molecule has 0 aliphatic carbocycles. The van der Waals surface area contributed by atoms with Crippen LogP contribution in [0.1, 0.15) is 11.6 Å². The van der Waals surface area contributed by atoms with E-state index >= 15 is 0 Å². The predicted molar refractivity (Wildman–Crippen MR) is 172 cm³/mol. The predicted octanol–water partition coefficient (Wildman–Crippen LogP) is 9.43. The first kappa shape index (κ1) is 23.2. The van der Waals surface area contributed by atoms with Crippen molar-refractivity contribution in [3.63, 3.8) is 0 Å². The number of benzene rings is 5. The largest absolute Gasteiger partial charge is 0.455 e. The molecule has 0 radical (unpaired) electrons. The van der Waals surface area contributed by atoms with Gasteiger partial charge in [-0.15, -0.1) is 0 Å². The van der Waals surface area contributed by atoms with E-state index in [1.54, 1.807) is 0 Å². The normalized spacial score (nSPS) is 18.2. The number of dihydropyridines is 2. The molecule has 4 heterocycles. The molecule has 0 bridgehead atoms. The Morgan fingerprint density at radius 2 is 1.26 bits per heavy atom. The highest BCUT2D eigenvalue weighted by molar-refractivity contribution is 6.22. The first-order valence-corrected chi connectivity index (χ1v) is 14.3. The highest BCUT2D eigenvalue weighted by Crippen LogP contribution is 2.44. The maximum atomic E-state index is 6.52. The molecule has 200 valence electrons. The van der Waals surface area contributed by atoms with Gasteiger partial charge in [-0.25, -0.2) is 0 Å². The van der Waals surface area contributed by atoms with E-state index in [2.05, 4.69) is 108 Å². The number of hydrogen-bond donors (Lipinski definition) is 2. The molecule has 2 aromatic heterocycles. The van der Waals surface area contributed by atoms with Gasteiger partial charge in [-0.3, -0.25) is 0 Å². The SMILES string of the molecule is C1=CNC(C2=CC=CC(c3ccc4cc(-c5c6oc7ccccc7c6cc6c5oc5ccccc56)ccc4c3)N2)C=C1. The smallest absolute Gasteiger partial charge is 0.147 e. The molecule has 0 amide bonds. The van der Waals surface area contributed by atoms with Gasteiger partial charge in [0.1, 0.15) is 22.3 Å². The number of furan rings is 2. The monoisotopic (exact) mass is 542 g/mol. The van der Waals surface area contributed by atoms with Crippen molar-refractivity contribution in [1.82, 2.24) is 10.6 Å². The molecule has 4 heteroatoms. The second-order valence-corrected chi connectivity index (χ2v) is 11.0. The average molecular weight is 543 g/mol. The third-order valence-electron chi connectivity index (χ3n) is 8.55. The molecule has 0 saturated heterocycles. The quantitative estimate of drug-likeness (QED) is 0.233. The summed E-state index contributed by atoms with van der Waals surface area (Å²) >= 11 is 0. The van der Waals surface area contributed by atoms with E-state index in [-0.39, 0.29) is 12.1 Å². The van der Waals surface area contributed by atoms with Crippen molar-refractivity contribution in [3.05, 3.63) is 145 Å². The van der Waals surface area contributed by atoms with Crippen LogP contribution in [0, 0.1) is 0 Å². The van der Waals surface area contributed by atoms with Crippen LogP contribution in [-0.4, -0.2) is 6.04 Å².